The Morgan fingerprint density at radius 3 is 2.15 bits per heavy atom. The molecule has 0 saturated carbocycles. The molecule has 1 radical (unpaired) electrons. The maximum Gasteiger partial charge on any atom is 0.256 e. The fourth-order valence-corrected chi connectivity index (χ4v) is 1.60. The number of rotatable bonds is 1. The molecule has 71 valence electrons. The average Bonchev–Trinajstić information content (AvgIpc) is 2.25. The number of carbonyl (C=O) groups is 2. The Morgan fingerprint density at radius 1 is 1.38 bits per heavy atom. The quantitative estimate of drug-likeness (QED) is 0.447. The predicted octanol–water partition coefficient (Wildman–Crippen LogP) is 1.07. The minimum atomic E-state index is -0.156. The van der Waals surface area contributed by atoms with Crippen molar-refractivity contribution in [2.75, 3.05) is 0 Å². The first-order chi connectivity index (χ1) is 5.88. The summed E-state index contributed by atoms with van der Waals surface area (Å²) >= 11 is 0. The molecule has 0 spiro atoms. The van der Waals surface area contributed by atoms with Gasteiger partial charge >= 0.3 is 0 Å². The third-order valence-corrected chi connectivity index (χ3v) is 2.49. The molecule has 0 N–H and O–H groups in total. The minimum Gasteiger partial charge on any atom is -0.334 e. The third kappa shape index (κ3) is 1.76. The van der Waals surface area contributed by atoms with Crippen LogP contribution in [0.4, 0.5) is 0 Å². The largest absolute Gasteiger partial charge is 0.334 e. The van der Waals surface area contributed by atoms with Crippen molar-refractivity contribution in [3.63, 3.8) is 0 Å². The van der Waals surface area contributed by atoms with Crippen molar-refractivity contribution in [2.45, 2.75) is 34.0 Å². The van der Waals surface area contributed by atoms with Crippen molar-refractivity contribution in [1.29, 1.82) is 0 Å². The molecular weight excluding hydrogens is 165 g/mol. The van der Waals surface area contributed by atoms with E-state index in [-0.39, 0.29) is 23.1 Å². The van der Waals surface area contributed by atoms with Crippen LogP contribution in [-0.4, -0.2) is 24.0 Å². The summed E-state index contributed by atoms with van der Waals surface area (Å²) in [6.07, 6.45) is 0.354. The van der Waals surface area contributed by atoms with E-state index in [2.05, 4.69) is 0 Å². The SMILES string of the molecule is C[B]N1C(=O)CC(C(C)(C)C)C1=O. The zero-order valence-corrected chi connectivity index (χ0v) is 8.63. The van der Waals surface area contributed by atoms with Crippen molar-refractivity contribution in [2.24, 2.45) is 11.3 Å². The van der Waals surface area contributed by atoms with Crippen LogP contribution < -0.4 is 0 Å². The highest BCUT2D eigenvalue weighted by molar-refractivity contribution is 6.42. The van der Waals surface area contributed by atoms with Gasteiger partial charge in [-0.15, -0.1) is 0 Å². The number of carbonyl (C=O) groups excluding carboxylic acids is 2. The lowest BCUT2D eigenvalue weighted by molar-refractivity contribution is -0.134. The van der Waals surface area contributed by atoms with E-state index in [9.17, 15) is 9.59 Å². The van der Waals surface area contributed by atoms with Crippen LogP contribution in [0.5, 0.6) is 0 Å². The molecule has 1 atom stereocenters. The van der Waals surface area contributed by atoms with Crippen molar-refractivity contribution >= 4 is 19.2 Å². The van der Waals surface area contributed by atoms with Crippen molar-refractivity contribution in [3.05, 3.63) is 0 Å². The van der Waals surface area contributed by atoms with Crippen molar-refractivity contribution < 1.29 is 9.59 Å². The molecule has 0 bridgehead atoms. The number of hydrogen-bond acceptors (Lipinski definition) is 2. The molecule has 0 aromatic rings. The van der Waals surface area contributed by atoms with E-state index in [0.29, 0.717) is 6.42 Å². The first-order valence-corrected chi connectivity index (χ1v) is 4.53. The number of amides is 2. The summed E-state index contributed by atoms with van der Waals surface area (Å²) < 4.78 is 0. The Labute approximate surface area is 79.7 Å². The van der Waals surface area contributed by atoms with Gasteiger partial charge < -0.3 is 4.81 Å². The molecule has 1 fully saturated rings. The van der Waals surface area contributed by atoms with Crippen LogP contribution in [0.25, 0.3) is 0 Å². The molecular formula is C9H15BNO2. The molecule has 1 rings (SSSR count). The second kappa shape index (κ2) is 3.16. The Morgan fingerprint density at radius 2 is 1.92 bits per heavy atom. The Hall–Kier alpha value is -0.795. The van der Waals surface area contributed by atoms with E-state index >= 15 is 0 Å². The first kappa shape index (κ1) is 10.3. The molecule has 1 heterocycles. The summed E-state index contributed by atoms with van der Waals surface area (Å²) in [5.74, 6) is -0.288. The van der Waals surface area contributed by atoms with Crippen LogP contribution in [0.2, 0.25) is 6.82 Å². The highest BCUT2D eigenvalue weighted by atomic mass is 16.2. The average molecular weight is 180 g/mol. The van der Waals surface area contributed by atoms with Crippen molar-refractivity contribution in [3.8, 4) is 0 Å². The van der Waals surface area contributed by atoms with E-state index in [1.165, 1.54) is 4.81 Å². The number of imide groups is 1. The number of nitrogens with zero attached hydrogens (tertiary/aromatic N) is 1. The third-order valence-electron chi connectivity index (χ3n) is 2.49. The summed E-state index contributed by atoms with van der Waals surface area (Å²) in [4.78, 5) is 24.2. The Balaban J connectivity index is 2.85. The van der Waals surface area contributed by atoms with E-state index in [1.54, 1.807) is 14.2 Å². The van der Waals surface area contributed by atoms with E-state index in [0.717, 1.165) is 0 Å². The molecule has 2 amide bonds. The summed E-state index contributed by atoms with van der Waals surface area (Å²) in [7, 11) is 1.55. The topological polar surface area (TPSA) is 37.4 Å². The minimum absolute atomic E-state index is 0.0556. The van der Waals surface area contributed by atoms with Gasteiger partial charge in [0.2, 0.25) is 11.8 Å². The second-order valence-electron chi connectivity index (χ2n) is 4.48. The lowest BCUT2D eigenvalue weighted by atomic mass is 9.79. The van der Waals surface area contributed by atoms with Crippen LogP contribution in [-0.2, 0) is 9.59 Å². The monoisotopic (exact) mass is 180 g/mol. The van der Waals surface area contributed by atoms with Gasteiger partial charge in [0.25, 0.3) is 7.41 Å². The highest BCUT2D eigenvalue weighted by Gasteiger charge is 2.43. The molecule has 0 aliphatic carbocycles. The molecule has 3 nitrogen and oxygen atoms in total. The highest BCUT2D eigenvalue weighted by Crippen LogP contribution is 2.34. The van der Waals surface area contributed by atoms with Gasteiger partial charge in [0, 0.05) is 6.42 Å². The molecule has 4 heteroatoms. The molecule has 13 heavy (non-hydrogen) atoms. The molecule has 1 saturated heterocycles. The summed E-state index contributed by atoms with van der Waals surface area (Å²) in [6.45, 7) is 7.67. The zero-order chi connectivity index (χ0) is 10.2. The zero-order valence-electron chi connectivity index (χ0n) is 8.63. The van der Waals surface area contributed by atoms with Crippen LogP contribution in [0.1, 0.15) is 27.2 Å². The van der Waals surface area contributed by atoms with Gasteiger partial charge in [-0.1, -0.05) is 27.6 Å². The van der Waals surface area contributed by atoms with Gasteiger partial charge in [0.1, 0.15) is 0 Å². The van der Waals surface area contributed by atoms with E-state index < -0.39 is 0 Å². The lowest BCUT2D eigenvalue weighted by Gasteiger charge is -2.24. The van der Waals surface area contributed by atoms with Gasteiger partial charge in [-0.2, -0.15) is 0 Å². The molecule has 1 aliphatic heterocycles. The van der Waals surface area contributed by atoms with Gasteiger partial charge in [-0.3, -0.25) is 9.59 Å². The van der Waals surface area contributed by atoms with Gasteiger partial charge in [0.05, 0.1) is 5.92 Å². The van der Waals surface area contributed by atoms with E-state index in [4.69, 9.17) is 0 Å². The second-order valence-corrected chi connectivity index (χ2v) is 4.48. The predicted molar refractivity (Wildman–Crippen MR) is 51.0 cm³/mol. The standard InChI is InChI=1S/C9H15BNO2/c1-9(2,3)6-5-7(12)11(10-4)8(6)13/h6H,5H2,1-4H3. The Bertz CT molecular complexity index is 244. The Kier molecular flexibility index (Phi) is 2.50. The lowest BCUT2D eigenvalue weighted by Crippen LogP contribution is -2.35. The maximum atomic E-state index is 11.7. The van der Waals surface area contributed by atoms with Gasteiger partial charge in [0.15, 0.2) is 0 Å². The van der Waals surface area contributed by atoms with E-state index in [1.807, 2.05) is 20.8 Å². The summed E-state index contributed by atoms with van der Waals surface area (Å²) in [5.41, 5.74) is -0.121. The van der Waals surface area contributed by atoms with Crippen LogP contribution in [0.3, 0.4) is 0 Å². The molecule has 1 aliphatic rings. The summed E-state index contributed by atoms with van der Waals surface area (Å²) in [6, 6.07) is 0. The molecule has 1 unspecified atom stereocenters. The van der Waals surface area contributed by atoms with Crippen molar-refractivity contribution in [1.82, 2.24) is 4.81 Å². The normalized spacial score (nSPS) is 24.0. The number of hydrogen-bond donors (Lipinski definition) is 0. The summed E-state index contributed by atoms with van der Waals surface area (Å²) in [5, 5.41) is 0. The maximum absolute atomic E-state index is 11.7. The fraction of sp³-hybridized carbons (Fsp3) is 0.778. The van der Waals surface area contributed by atoms with Gasteiger partial charge in [-0.05, 0) is 5.41 Å². The van der Waals surface area contributed by atoms with Crippen LogP contribution in [0.15, 0.2) is 0 Å². The molecule has 0 aromatic carbocycles. The van der Waals surface area contributed by atoms with Crippen LogP contribution >= 0.6 is 0 Å². The first-order valence-electron chi connectivity index (χ1n) is 4.53. The smallest absolute Gasteiger partial charge is 0.256 e. The van der Waals surface area contributed by atoms with Gasteiger partial charge in [-0.25, -0.2) is 0 Å². The molecule has 0 aromatic heterocycles. The van der Waals surface area contributed by atoms with Crippen LogP contribution in [0, 0.1) is 11.3 Å². The fourth-order valence-electron chi connectivity index (χ4n) is 1.60.